The van der Waals surface area contributed by atoms with Gasteiger partial charge < -0.3 is 13.6 Å². The van der Waals surface area contributed by atoms with Crippen LogP contribution in [0.1, 0.15) is 219 Å². The van der Waals surface area contributed by atoms with Crippen molar-refractivity contribution < 1.29 is 13.6 Å². The Morgan fingerprint density at radius 1 is 0.328 bits per heavy atom. The van der Waals surface area contributed by atoms with Crippen LogP contribution < -0.4 is 13.6 Å². The summed E-state index contributed by atoms with van der Waals surface area (Å²) < 4.78 is 21.8. The van der Waals surface area contributed by atoms with E-state index < -0.39 is 8.60 Å². The second-order valence-electron chi connectivity index (χ2n) is 26.2. The summed E-state index contributed by atoms with van der Waals surface area (Å²) >= 11 is 0. The molecule has 0 aliphatic carbocycles. The first-order valence-corrected chi connectivity index (χ1v) is 23.1. The topological polar surface area (TPSA) is 27.7 Å². The average molecular weight is 815 g/mol. The molecule has 0 saturated heterocycles. The molecular formula is C54H87O3P. The monoisotopic (exact) mass is 815 g/mol. The molecule has 0 amide bonds. The van der Waals surface area contributed by atoms with Crippen LogP contribution in [0, 0.1) is 16.2 Å². The predicted octanol–water partition coefficient (Wildman–Crippen LogP) is 17.5. The Morgan fingerprint density at radius 3 is 0.707 bits per heavy atom. The van der Waals surface area contributed by atoms with Crippen molar-refractivity contribution in [3.8, 4) is 17.2 Å². The van der Waals surface area contributed by atoms with Crippen LogP contribution in [-0.4, -0.2) is 0 Å². The first kappa shape index (κ1) is 49.8. The molecule has 0 spiro atoms. The maximum absolute atomic E-state index is 7.27. The summed E-state index contributed by atoms with van der Waals surface area (Å²) in [6.07, 6.45) is 2.97. The van der Waals surface area contributed by atoms with E-state index in [9.17, 15) is 0 Å². The van der Waals surface area contributed by atoms with Crippen molar-refractivity contribution in [1.29, 1.82) is 0 Å². The second kappa shape index (κ2) is 16.7. The van der Waals surface area contributed by atoms with Gasteiger partial charge in [-0.25, -0.2) is 0 Å². The fourth-order valence-corrected chi connectivity index (χ4v) is 10.4. The maximum Gasteiger partial charge on any atom is 0.530 e. The molecule has 3 aromatic carbocycles. The van der Waals surface area contributed by atoms with Crippen molar-refractivity contribution in [2.75, 3.05) is 0 Å². The molecule has 0 heterocycles. The van der Waals surface area contributed by atoms with Crippen molar-refractivity contribution in [1.82, 2.24) is 0 Å². The van der Waals surface area contributed by atoms with Crippen LogP contribution in [0.15, 0.2) is 54.6 Å². The molecule has 0 unspecified atom stereocenters. The molecule has 0 fully saturated rings. The normalized spacial score (nSPS) is 14.2. The molecule has 0 N–H and O–H groups in total. The van der Waals surface area contributed by atoms with E-state index in [1.165, 1.54) is 33.4 Å². The Labute approximate surface area is 360 Å². The maximum atomic E-state index is 7.27. The Hall–Kier alpha value is -2.51. The number of hydrogen-bond acceptors (Lipinski definition) is 3. The summed E-state index contributed by atoms with van der Waals surface area (Å²) in [6.45, 7) is 55.6. The van der Waals surface area contributed by atoms with Crippen LogP contribution in [0.25, 0.3) is 0 Å². The van der Waals surface area contributed by atoms with Gasteiger partial charge in [0.15, 0.2) is 0 Å². The van der Waals surface area contributed by atoms with Gasteiger partial charge in [0, 0.05) is 16.7 Å². The van der Waals surface area contributed by atoms with Crippen LogP contribution in [0.4, 0.5) is 0 Å². The minimum atomic E-state index is -1.99. The highest BCUT2D eigenvalue weighted by Gasteiger charge is 2.38. The molecule has 0 radical (unpaired) electrons. The van der Waals surface area contributed by atoms with E-state index in [-0.39, 0.29) is 48.7 Å². The molecule has 0 aromatic heterocycles. The largest absolute Gasteiger partial charge is 0.530 e. The number of benzene rings is 3. The standard InChI is InChI=1S/C54H87O3P/c1-46(2,3)34-52(19,20)40-31-37(49(10,11)12)25-28-43(40)55-58(56-44-29-26-38(50(13,14)15)32-41(44)53(21,22)35-47(4,5)6)57-45-30-27-39(51(16,17)18)33-42(45)54(23,24)36-48(7,8)9/h25-33H,34-36H2,1-24H3. The van der Waals surface area contributed by atoms with Gasteiger partial charge in [-0.1, -0.05) is 203 Å². The van der Waals surface area contributed by atoms with Gasteiger partial charge in [-0.05, 0) is 103 Å². The molecule has 0 bridgehead atoms. The lowest BCUT2D eigenvalue weighted by molar-refractivity contribution is 0.275. The Morgan fingerprint density at radius 2 is 0.534 bits per heavy atom. The highest BCUT2D eigenvalue weighted by molar-refractivity contribution is 7.43. The van der Waals surface area contributed by atoms with Gasteiger partial charge in [0.25, 0.3) is 0 Å². The van der Waals surface area contributed by atoms with Crippen molar-refractivity contribution in [3.05, 3.63) is 88.0 Å². The Bertz CT molecular complexity index is 1630. The van der Waals surface area contributed by atoms with Crippen molar-refractivity contribution in [2.45, 2.75) is 218 Å². The third-order valence-electron chi connectivity index (χ3n) is 11.2. The molecule has 0 aliphatic heterocycles. The first-order valence-electron chi connectivity index (χ1n) is 22.0. The summed E-state index contributed by atoms with van der Waals surface area (Å²) in [6, 6.07) is 20.3. The SMILES string of the molecule is CC(C)(C)CC(C)(C)c1cc(C(C)(C)C)ccc1OP(Oc1ccc(C(C)(C)C)cc1C(C)(C)CC(C)(C)C)Oc1ccc(C(C)(C)C)cc1C(C)(C)CC(C)(C)C. The molecular weight excluding hydrogens is 728 g/mol. The summed E-state index contributed by atoms with van der Waals surface area (Å²) in [7, 11) is -1.99. The second-order valence-corrected chi connectivity index (χ2v) is 27.2. The molecule has 3 nitrogen and oxygen atoms in total. The quantitative estimate of drug-likeness (QED) is 0.171. The minimum absolute atomic E-state index is 0.0203. The summed E-state index contributed by atoms with van der Waals surface area (Å²) in [5.41, 5.74) is 7.14. The first-order chi connectivity index (χ1) is 25.7. The third kappa shape index (κ3) is 14.0. The molecule has 0 saturated carbocycles. The lowest BCUT2D eigenvalue weighted by Gasteiger charge is -2.37. The smallest absolute Gasteiger partial charge is 0.408 e. The average Bonchev–Trinajstić information content (AvgIpc) is 2.96. The van der Waals surface area contributed by atoms with Gasteiger partial charge in [0.2, 0.25) is 0 Å². The lowest BCUT2D eigenvalue weighted by atomic mass is 9.71. The van der Waals surface area contributed by atoms with E-state index >= 15 is 0 Å². The van der Waals surface area contributed by atoms with E-state index in [2.05, 4.69) is 221 Å². The summed E-state index contributed by atoms with van der Waals surface area (Å²) in [4.78, 5) is 0. The molecule has 0 aliphatic rings. The minimum Gasteiger partial charge on any atom is -0.408 e. The van der Waals surface area contributed by atoms with Gasteiger partial charge in [0.1, 0.15) is 17.2 Å². The van der Waals surface area contributed by atoms with Crippen LogP contribution >= 0.6 is 8.60 Å². The fourth-order valence-electron chi connectivity index (χ4n) is 9.37. The van der Waals surface area contributed by atoms with Gasteiger partial charge in [0.05, 0.1) is 0 Å². The van der Waals surface area contributed by atoms with Crippen molar-refractivity contribution >= 4 is 8.60 Å². The van der Waals surface area contributed by atoms with E-state index in [1.54, 1.807) is 0 Å². The van der Waals surface area contributed by atoms with Crippen LogP contribution in [-0.2, 0) is 32.5 Å². The van der Waals surface area contributed by atoms with Crippen LogP contribution in [0.2, 0.25) is 0 Å². The zero-order valence-electron chi connectivity index (χ0n) is 42.0. The number of rotatable bonds is 12. The lowest BCUT2D eigenvalue weighted by Crippen LogP contribution is -2.27. The Kier molecular flexibility index (Phi) is 14.4. The summed E-state index contributed by atoms with van der Waals surface area (Å²) in [5, 5.41) is 0. The molecule has 4 heteroatoms. The molecule has 3 rings (SSSR count). The van der Waals surface area contributed by atoms with E-state index in [1.807, 2.05) is 0 Å². The van der Waals surface area contributed by atoms with Gasteiger partial charge in [-0.3, -0.25) is 0 Å². The summed E-state index contributed by atoms with van der Waals surface area (Å²) in [5.74, 6) is 2.45. The van der Waals surface area contributed by atoms with E-state index in [0.29, 0.717) is 0 Å². The van der Waals surface area contributed by atoms with E-state index in [0.717, 1.165) is 36.5 Å². The molecule has 326 valence electrons. The van der Waals surface area contributed by atoms with Crippen molar-refractivity contribution in [3.63, 3.8) is 0 Å². The predicted molar refractivity (Wildman–Crippen MR) is 256 cm³/mol. The fraction of sp³-hybridized carbons (Fsp3) is 0.667. The highest BCUT2D eigenvalue weighted by Crippen LogP contribution is 2.53. The Balaban J connectivity index is 2.41. The van der Waals surface area contributed by atoms with Gasteiger partial charge >= 0.3 is 8.60 Å². The number of hydrogen-bond donors (Lipinski definition) is 0. The zero-order valence-corrected chi connectivity index (χ0v) is 42.9. The van der Waals surface area contributed by atoms with Gasteiger partial charge in [-0.15, -0.1) is 0 Å². The molecule has 0 atom stereocenters. The van der Waals surface area contributed by atoms with Gasteiger partial charge in [-0.2, -0.15) is 0 Å². The highest BCUT2D eigenvalue weighted by atomic mass is 31.2. The van der Waals surface area contributed by atoms with Crippen molar-refractivity contribution in [2.24, 2.45) is 16.2 Å². The van der Waals surface area contributed by atoms with Crippen LogP contribution in [0.5, 0.6) is 17.2 Å². The van der Waals surface area contributed by atoms with E-state index in [4.69, 9.17) is 13.6 Å². The molecule has 3 aromatic rings. The van der Waals surface area contributed by atoms with Crippen LogP contribution in [0.3, 0.4) is 0 Å². The third-order valence-corrected chi connectivity index (χ3v) is 12.2. The zero-order chi connectivity index (χ0) is 44.9. The molecule has 58 heavy (non-hydrogen) atoms.